The number of pyridine rings is 1. The van der Waals surface area contributed by atoms with E-state index in [0.717, 1.165) is 23.4 Å². The summed E-state index contributed by atoms with van der Waals surface area (Å²) < 4.78 is 6.69. The summed E-state index contributed by atoms with van der Waals surface area (Å²) in [5.74, 6) is 0.0109. The third kappa shape index (κ3) is 2.61. The molecule has 0 saturated heterocycles. The van der Waals surface area contributed by atoms with Crippen LogP contribution in [-0.4, -0.2) is 27.3 Å². The third-order valence-corrected chi connectivity index (χ3v) is 3.46. The number of hydrogen-bond acceptors (Lipinski definition) is 5. The van der Waals surface area contributed by atoms with Crippen LogP contribution in [0.4, 0.5) is 5.69 Å². The fourth-order valence-electron chi connectivity index (χ4n) is 2.41. The number of aromatic nitrogens is 3. The lowest BCUT2D eigenvalue weighted by atomic mass is 10.1. The molecule has 0 atom stereocenters. The summed E-state index contributed by atoms with van der Waals surface area (Å²) >= 11 is 0. The van der Waals surface area contributed by atoms with E-state index in [9.17, 15) is 4.79 Å². The van der Waals surface area contributed by atoms with Crippen LogP contribution in [0, 0.1) is 13.8 Å². The number of aryl methyl sites for hydroxylation is 1. The number of nitrogen functional groups attached to an aromatic ring is 1. The molecule has 0 bridgehead atoms. The molecule has 0 spiro atoms. The van der Waals surface area contributed by atoms with Gasteiger partial charge in [-0.15, -0.1) is 0 Å². The van der Waals surface area contributed by atoms with Gasteiger partial charge in [-0.2, -0.15) is 5.10 Å². The van der Waals surface area contributed by atoms with Crippen LogP contribution < -0.4 is 5.73 Å². The van der Waals surface area contributed by atoms with E-state index in [1.807, 2.05) is 13.8 Å². The van der Waals surface area contributed by atoms with Crippen molar-refractivity contribution in [2.75, 3.05) is 12.3 Å². The molecule has 0 unspecified atom stereocenters. The Morgan fingerprint density at radius 1 is 1.38 bits per heavy atom. The van der Waals surface area contributed by atoms with Gasteiger partial charge in [0.15, 0.2) is 5.82 Å². The molecule has 112 valence electrons. The van der Waals surface area contributed by atoms with Gasteiger partial charge in [-0.25, -0.2) is 14.5 Å². The molecule has 2 heterocycles. The first-order valence-electron chi connectivity index (χ1n) is 6.98. The Kier molecular flexibility index (Phi) is 4.26. The lowest BCUT2D eigenvalue weighted by Crippen LogP contribution is -2.13. The summed E-state index contributed by atoms with van der Waals surface area (Å²) in [6.07, 6.45) is 2.43. The topological polar surface area (TPSA) is 83.0 Å². The van der Waals surface area contributed by atoms with Gasteiger partial charge in [0.1, 0.15) is 0 Å². The molecule has 2 aromatic heterocycles. The van der Waals surface area contributed by atoms with E-state index in [4.69, 9.17) is 10.5 Å². The van der Waals surface area contributed by atoms with Crippen LogP contribution in [-0.2, 0) is 11.2 Å². The zero-order valence-electron chi connectivity index (χ0n) is 12.8. The van der Waals surface area contributed by atoms with Crippen molar-refractivity contribution in [3.05, 3.63) is 34.8 Å². The molecular formula is C15H20N4O2. The molecule has 2 aromatic rings. The number of carbonyl (C=O) groups excluding carboxylic acids is 1. The third-order valence-electron chi connectivity index (χ3n) is 3.46. The molecule has 0 radical (unpaired) electrons. The number of anilines is 1. The first kappa shape index (κ1) is 15.0. The monoisotopic (exact) mass is 288 g/mol. The van der Waals surface area contributed by atoms with Gasteiger partial charge in [0.2, 0.25) is 0 Å². The van der Waals surface area contributed by atoms with Gasteiger partial charge < -0.3 is 10.5 Å². The number of esters is 1. The molecular weight excluding hydrogens is 268 g/mol. The van der Waals surface area contributed by atoms with Crippen LogP contribution in [0.5, 0.6) is 0 Å². The summed E-state index contributed by atoms with van der Waals surface area (Å²) in [6.45, 7) is 8.05. The fraction of sp³-hybridized carbons (Fsp3) is 0.400. The number of ether oxygens (including phenoxy) is 1. The van der Waals surface area contributed by atoms with E-state index in [-0.39, 0.29) is 5.69 Å². The largest absolute Gasteiger partial charge is 0.462 e. The van der Waals surface area contributed by atoms with Crippen molar-refractivity contribution in [1.29, 1.82) is 0 Å². The van der Waals surface area contributed by atoms with Gasteiger partial charge in [-0.1, -0.05) is 6.92 Å². The minimum atomic E-state index is -0.448. The van der Waals surface area contributed by atoms with Crippen molar-refractivity contribution in [3.8, 4) is 5.82 Å². The Morgan fingerprint density at radius 2 is 2.10 bits per heavy atom. The van der Waals surface area contributed by atoms with Crippen LogP contribution in [0.3, 0.4) is 0 Å². The standard InChI is InChI=1S/C15H20N4O2/c1-5-11-9(3)18-19(10(11)4)14-13(16)12(7-8-17-14)15(20)21-6-2/h7-8H,5-6,16H2,1-4H3. The first-order chi connectivity index (χ1) is 10.0. The Hall–Kier alpha value is -2.37. The lowest BCUT2D eigenvalue weighted by molar-refractivity contribution is 0.0527. The second-order valence-corrected chi connectivity index (χ2v) is 4.73. The molecule has 0 aliphatic rings. The Morgan fingerprint density at radius 3 is 2.67 bits per heavy atom. The van der Waals surface area contributed by atoms with Crippen molar-refractivity contribution in [1.82, 2.24) is 14.8 Å². The number of rotatable bonds is 4. The first-order valence-corrected chi connectivity index (χ1v) is 6.98. The minimum absolute atomic E-state index is 0.282. The van der Waals surface area contributed by atoms with Crippen molar-refractivity contribution < 1.29 is 9.53 Å². The molecule has 2 N–H and O–H groups in total. The molecule has 0 fully saturated rings. The van der Waals surface area contributed by atoms with Gasteiger partial charge in [0.25, 0.3) is 0 Å². The highest BCUT2D eigenvalue weighted by molar-refractivity contribution is 5.96. The summed E-state index contributed by atoms with van der Waals surface area (Å²) in [7, 11) is 0. The van der Waals surface area contributed by atoms with Crippen LogP contribution in [0.1, 0.15) is 41.2 Å². The van der Waals surface area contributed by atoms with Gasteiger partial charge >= 0.3 is 5.97 Å². The van der Waals surface area contributed by atoms with Gasteiger partial charge in [-0.3, -0.25) is 0 Å². The number of carbonyl (C=O) groups is 1. The van der Waals surface area contributed by atoms with Crippen molar-refractivity contribution in [2.24, 2.45) is 0 Å². The normalized spacial score (nSPS) is 10.7. The van der Waals surface area contributed by atoms with Crippen molar-refractivity contribution in [3.63, 3.8) is 0 Å². The number of hydrogen-bond donors (Lipinski definition) is 1. The maximum absolute atomic E-state index is 11.9. The number of nitrogens with two attached hydrogens (primary N) is 1. The van der Waals surface area contributed by atoms with Crippen molar-refractivity contribution in [2.45, 2.75) is 34.1 Å². The molecule has 21 heavy (non-hydrogen) atoms. The second-order valence-electron chi connectivity index (χ2n) is 4.73. The Bertz CT molecular complexity index is 677. The van der Waals surface area contributed by atoms with E-state index >= 15 is 0 Å². The molecule has 0 saturated carbocycles. The Labute approximate surface area is 123 Å². The van der Waals surface area contributed by atoms with Crippen LogP contribution >= 0.6 is 0 Å². The van der Waals surface area contributed by atoms with E-state index < -0.39 is 5.97 Å². The Balaban J connectivity index is 2.56. The van der Waals surface area contributed by atoms with Crippen LogP contribution in [0.15, 0.2) is 12.3 Å². The molecule has 6 nitrogen and oxygen atoms in total. The maximum atomic E-state index is 11.9. The molecule has 0 aromatic carbocycles. The molecule has 0 amide bonds. The fourth-order valence-corrected chi connectivity index (χ4v) is 2.41. The van der Waals surface area contributed by atoms with Gasteiger partial charge in [0, 0.05) is 11.9 Å². The van der Waals surface area contributed by atoms with Crippen LogP contribution in [0.2, 0.25) is 0 Å². The van der Waals surface area contributed by atoms with Gasteiger partial charge in [-0.05, 0) is 38.8 Å². The summed E-state index contributed by atoms with van der Waals surface area (Å²) in [5.41, 5.74) is 9.77. The SMILES string of the molecule is CCOC(=O)c1ccnc(-n2nc(C)c(CC)c2C)c1N. The van der Waals surface area contributed by atoms with Gasteiger partial charge in [0.05, 0.1) is 23.6 Å². The average molecular weight is 288 g/mol. The highest BCUT2D eigenvalue weighted by Gasteiger charge is 2.19. The predicted molar refractivity (Wildman–Crippen MR) is 80.6 cm³/mol. The highest BCUT2D eigenvalue weighted by Crippen LogP contribution is 2.23. The van der Waals surface area contributed by atoms with Crippen molar-refractivity contribution >= 4 is 11.7 Å². The van der Waals surface area contributed by atoms with Crippen LogP contribution in [0.25, 0.3) is 5.82 Å². The maximum Gasteiger partial charge on any atom is 0.340 e. The molecule has 2 rings (SSSR count). The smallest absolute Gasteiger partial charge is 0.340 e. The van der Waals surface area contributed by atoms with E-state index in [0.29, 0.717) is 18.0 Å². The molecule has 0 aliphatic carbocycles. The summed E-state index contributed by atoms with van der Waals surface area (Å²) in [6, 6.07) is 1.56. The quantitative estimate of drug-likeness (QED) is 0.872. The minimum Gasteiger partial charge on any atom is -0.462 e. The molecule has 6 heteroatoms. The van der Waals surface area contributed by atoms with E-state index in [2.05, 4.69) is 17.0 Å². The van der Waals surface area contributed by atoms with E-state index in [1.165, 1.54) is 0 Å². The second kappa shape index (κ2) is 5.95. The zero-order chi connectivity index (χ0) is 15.6. The van der Waals surface area contributed by atoms with E-state index in [1.54, 1.807) is 23.9 Å². The highest BCUT2D eigenvalue weighted by atomic mass is 16.5. The zero-order valence-corrected chi connectivity index (χ0v) is 12.8. The predicted octanol–water partition coefficient (Wildman–Crippen LogP) is 2.21. The lowest BCUT2D eigenvalue weighted by Gasteiger charge is -2.10. The molecule has 0 aliphatic heterocycles. The summed E-state index contributed by atoms with van der Waals surface area (Å²) in [5, 5.41) is 4.48. The number of nitrogens with zero attached hydrogens (tertiary/aromatic N) is 3. The summed E-state index contributed by atoms with van der Waals surface area (Å²) in [4.78, 5) is 16.2. The average Bonchev–Trinajstić information content (AvgIpc) is 2.73.